The van der Waals surface area contributed by atoms with Gasteiger partial charge in [0.2, 0.25) is 10.0 Å². The molecule has 0 heterocycles. The third-order valence-corrected chi connectivity index (χ3v) is 5.65. The summed E-state index contributed by atoms with van der Waals surface area (Å²) in [6.07, 6.45) is 2.81. The number of hydrogen-bond donors (Lipinski definition) is 2. The normalized spacial score (nSPS) is 11.3. The van der Waals surface area contributed by atoms with E-state index in [2.05, 4.69) is 17.0 Å². The molecule has 7 heteroatoms. The van der Waals surface area contributed by atoms with E-state index in [0.717, 1.165) is 24.8 Å². The number of carbonyl (C=O) groups excluding carboxylic acids is 1. The first kappa shape index (κ1) is 20.4. The zero-order chi connectivity index (χ0) is 19.2. The third kappa shape index (κ3) is 5.56. The molecule has 2 rings (SSSR count). The van der Waals surface area contributed by atoms with Gasteiger partial charge in [0.15, 0.2) is 0 Å². The first-order chi connectivity index (χ1) is 12.3. The molecule has 1 amide bonds. The highest BCUT2D eigenvalue weighted by Gasteiger charge is 2.15. The van der Waals surface area contributed by atoms with E-state index in [4.69, 9.17) is 11.6 Å². The average Bonchev–Trinajstić information content (AvgIpc) is 2.61. The van der Waals surface area contributed by atoms with E-state index in [-0.39, 0.29) is 10.8 Å². The van der Waals surface area contributed by atoms with Gasteiger partial charge >= 0.3 is 0 Å². The minimum atomic E-state index is -3.55. The number of hydrogen-bond acceptors (Lipinski definition) is 3. The van der Waals surface area contributed by atoms with Crippen LogP contribution in [0.1, 0.15) is 42.1 Å². The highest BCUT2D eigenvalue weighted by Crippen LogP contribution is 2.20. The molecule has 0 saturated carbocycles. The molecule has 0 unspecified atom stereocenters. The van der Waals surface area contributed by atoms with Crippen molar-refractivity contribution in [3.63, 3.8) is 0 Å². The SMILES string of the molecule is CCCCCNS(=O)(=O)c1ccc(C(=O)Nc2ccc(Cl)cc2C)cc1. The monoisotopic (exact) mass is 394 g/mol. The molecule has 2 aromatic carbocycles. The van der Waals surface area contributed by atoms with Crippen molar-refractivity contribution in [2.45, 2.75) is 38.0 Å². The molecule has 0 aliphatic rings. The van der Waals surface area contributed by atoms with Gasteiger partial charge in [-0.2, -0.15) is 0 Å². The number of nitrogens with one attached hydrogen (secondary N) is 2. The number of rotatable bonds is 8. The summed E-state index contributed by atoms with van der Waals surface area (Å²) in [6.45, 7) is 4.32. The van der Waals surface area contributed by atoms with Crippen LogP contribution >= 0.6 is 11.6 Å². The fourth-order valence-electron chi connectivity index (χ4n) is 2.41. The molecule has 0 aromatic heterocycles. The third-order valence-electron chi connectivity index (χ3n) is 3.94. The Morgan fingerprint density at radius 1 is 1.08 bits per heavy atom. The Kier molecular flexibility index (Phi) is 7.20. The number of benzene rings is 2. The molecule has 0 aliphatic heterocycles. The van der Waals surface area contributed by atoms with Crippen molar-refractivity contribution in [1.29, 1.82) is 0 Å². The van der Waals surface area contributed by atoms with Gasteiger partial charge in [0, 0.05) is 22.8 Å². The van der Waals surface area contributed by atoms with Crippen molar-refractivity contribution in [2.75, 3.05) is 11.9 Å². The lowest BCUT2D eigenvalue weighted by Gasteiger charge is -2.10. The Hall–Kier alpha value is -1.89. The number of carbonyl (C=O) groups is 1. The van der Waals surface area contributed by atoms with Crippen molar-refractivity contribution in [3.05, 3.63) is 58.6 Å². The number of halogens is 1. The van der Waals surface area contributed by atoms with E-state index in [1.54, 1.807) is 18.2 Å². The molecule has 0 spiro atoms. The predicted octanol–water partition coefficient (Wildman–Crippen LogP) is 4.37. The molecule has 26 heavy (non-hydrogen) atoms. The Morgan fingerprint density at radius 3 is 2.38 bits per heavy atom. The smallest absolute Gasteiger partial charge is 0.255 e. The van der Waals surface area contributed by atoms with Crippen LogP contribution in [0.2, 0.25) is 5.02 Å². The zero-order valence-corrected chi connectivity index (χ0v) is 16.5. The fourth-order valence-corrected chi connectivity index (χ4v) is 3.71. The van der Waals surface area contributed by atoms with Gasteiger partial charge in [-0.05, 0) is 61.4 Å². The van der Waals surface area contributed by atoms with E-state index in [0.29, 0.717) is 22.8 Å². The van der Waals surface area contributed by atoms with Crippen LogP contribution in [0.5, 0.6) is 0 Å². The summed E-state index contributed by atoms with van der Waals surface area (Å²) in [5.41, 5.74) is 1.89. The van der Waals surface area contributed by atoms with Gasteiger partial charge in [-0.15, -0.1) is 0 Å². The van der Waals surface area contributed by atoms with Crippen LogP contribution < -0.4 is 10.0 Å². The summed E-state index contributed by atoms with van der Waals surface area (Å²) in [6, 6.07) is 11.1. The molecule has 5 nitrogen and oxygen atoms in total. The minimum Gasteiger partial charge on any atom is -0.322 e. The maximum Gasteiger partial charge on any atom is 0.255 e. The number of amides is 1. The first-order valence-corrected chi connectivity index (χ1v) is 10.4. The summed E-state index contributed by atoms with van der Waals surface area (Å²) in [4.78, 5) is 12.5. The second-order valence-corrected chi connectivity index (χ2v) is 8.25. The van der Waals surface area contributed by atoms with E-state index in [1.807, 2.05) is 6.92 Å². The second kappa shape index (κ2) is 9.16. The quantitative estimate of drug-likeness (QED) is 0.653. The average molecular weight is 395 g/mol. The Balaban J connectivity index is 2.05. The fraction of sp³-hybridized carbons (Fsp3) is 0.316. The van der Waals surface area contributed by atoms with Gasteiger partial charge in [-0.1, -0.05) is 31.4 Å². The van der Waals surface area contributed by atoms with Gasteiger partial charge in [0.1, 0.15) is 0 Å². The predicted molar refractivity (Wildman–Crippen MR) is 105 cm³/mol. The number of sulfonamides is 1. The molecule has 0 radical (unpaired) electrons. The van der Waals surface area contributed by atoms with Crippen LogP contribution in [-0.4, -0.2) is 20.9 Å². The van der Waals surface area contributed by atoms with Crippen LogP contribution in [0, 0.1) is 6.92 Å². The number of aryl methyl sites for hydroxylation is 1. The lowest BCUT2D eigenvalue weighted by Crippen LogP contribution is -2.24. The zero-order valence-electron chi connectivity index (χ0n) is 14.9. The maximum atomic E-state index is 12.3. The van der Waals surface area contributed by atoms with E-state index in [1.165, 1.54) is 24.3 Å². The minimum absolute atomic E-state index is 0.147. The summed E-state index contributed by atoms with van der Waals surface area (Å²) < 4.78 is 27.0. The van der Waals surface area contributed by atoms with E-state index < -0.39 is 10.0 Å². The van der Waals surface area contributed by atoms with Gasteiger partial charge in [-0.3, -0.25) is 4.79 Å². The van der Waals surface area contributed by atoms with Crippen molar-refractivity contribution < 1.29 is 13.2 Å². The van der Waals surface area contributed by atoms with E-state index in [9.17, 15) is 13.2 Å². The molecule has 2 aromatic rings. The number of anilines is 1. The topological polar surface area (TPSA) is 75.3 Å². The standard InChI is InChI=1S/C19H23ClN2O3S/c1-3-4-5-12-21-26(24,25)17-9-6-15(7-10-17)19(23)22-18-11-8-16(20)13-14(18)2/h6-11,13,21H,3-5,12H2,1-2H3,(H,22,23). The Morgan fingerprint density at radius 2 is 1.77 bits per heavy atom. The van der Waals surface area contributed by atoms with Crippen molar-refractivity contribution in [2.24, 2.45) is 0 Å². The largest absolute Gasteiger partial charge is 0.322 e. The first-order valence-electron chi connectivity index (χ1n) is 8.50. The summed E-state index contributed by atoms with van der Waals surface area (Å²) in [5.74, 6) is -0.310. The van der Waals surface area contributed by atoms with Gasteiger partial charge in [0.25, 0.3) is 5.91 Å². The summed E-state index contributed by atoms with van der Waals surface area (Å²) >= 11 is 5.91. The highest BCUT2D eigenvalue weighted by atomic mass is 35.5. The second-order valence-electron chi connectivity index (χ2n) is 6.04. The van der Waals surface area contributed by atoms with Crippen molar-refractivity contribution >= 4 is 33.2 Å². The van der Waals surface area contributed by atoms with Crippen LogP contribution in [0.25, 0.3) is 0 Å². The molecule has 0 atom stereocenters. The molecule has 0 saturated heterocycles. The van der Waals surface area contributed by atoms with Crippen LogP contribution in [0.4, 0.5) is 5.69 Å². The van der Waals surface area contributed by atoms with Crippen molar-refractivity contribution in [3.8, 4) is 0 Å². The summed E-state index contributed by atoms with van der Waals surface area (Å²) in [5, 5.41) is 3.40. The van der Waals surface area contributed by atoms with E-state index >= 15 is 0 Å². The van der Waals surface area contributed by atoms with Gasteiger partial charge in [-0.25, -0.2) is 13.1 Å². The molecular weight excluding hydrogens is 372 g/mol. The van der Waals surface area contributed by atoms with Gasteiger partial charge < -0.3 is 5.32 Å². The van der Waals surface area contributed by atoms with Gasteiger partial charge in [0.05, 0.1) is 4.90 Å². The van der Waals surface area contributed by atoms with Crippen molar-refractivity contribution in [1.82, 2.24) is 4.72 Å². The Labute approximate surface area is 159 Å². The Bertz CT molecular complexity index is 865. The number of unbranched alkanes of at least 4 members (excludes halogenated alkanes) is 2. The molecule has 0 bridgehead atoms. The molecular formula is C19H23ClN2O3S. The van der Waals surface area contributed by atoms with Crippen LogP contribution in [0.3, 0.4) is 0 Å². The molecule has 140 valence electrons. The lowest BCUT2D eigenvalue weighted by molar-refractivity contribution is 0.102. The highest BCUT2D eigenvalue weighted by molar-refractivity contribution is 7.89. The molecule has 0 fully saturated rings. The molecule has 0 aliphatic carbocycles. The summed E-state index contributed by atoms with van der Waals surface area (Å²) in [7, 11) is -3.55. The van der Waals surface area contributed by atoms with Crippen LogP contribution in [0.15, 0.2) is 47.4 Å². The van der Waals surface area contributed by atoms with Crippen LogP contribution in [-0.2, 0) is 10.0 Å². The maximum absolute atomic E-state index is 12.3. The molecule has 2 N–H and O–H groups in total. The lowest BCUT2D eigenvalue weighted by atomic mass is 10.1.